The maximum absolute atomic E-state index is 13.4. The van der Waals surface area contributed by atoms with Crippen LogP contribution in [0, 0.1) is 22.7 Å². The second kappa shape index (κ2) is 7.00. The Balaban J connectivity index is 1.73. The first kappa shape index (κ1) is 18.3. The molecule has 2 aromatic rings. The maximum atomic E-state index is 13.4. The van der Waals surface area contributed by atoms with E-state index in [2.05, 4.69) is 5.32 Å². The number of alkyl halides is 2. The molecule has 0 saturated carbocycles. The van der Waals surface area contributed by atoms with Crippen LogP contribution in [0.4, 0.5) is 8.78 Å². The minimum absolute atomic E-state index is 0.299. The molecule has 0 unspecified atom stereocenters. The highest BCUT2D eigenvalue weighted by atomic mass is 19.3. The Kier molecular flexibility index (Phi) is 4.74. The van der Waals surface area contributed by atoms with Gasteiger partial charge in [-0.2, -0.15) is 10.5 Å². The number of rotatable bonds is 3. The summed E-state index contributed by atoms with van der Waals surface area (Å²) in [4.78, 5) is 25.4. The molecule has 0 aliphatic carbocycles. The van der Waals surface area contributed by atoms with E-state index in [1.54, 1.807) is 42.5 Å². The number of benzene rings is 2. The lowest BCUT2D eigenvalue weighted by Crippen LogP contribution is -2.43. The summed E-state index contributed by atoms with van der Waals surface area (Å²) >= 11 is 0. The van der Waals surface area contributed by atoms with Gasteiger partial charge in [-0.3, -0.25) is 9.59 Å². The molecule has 1 saturated heterocycles. The monoisotopic (exact) mass is 368 g/mol. The summed E-state index contributed by atoms with van der Waals surface area (Å²) < 4.78 is 26.9. The van der Waals surface area contributed by atoms with Crippen LogP contribution in [-0.4, -0.2) is 41.8 Å². The average Bonchev–Trinajstić information content (AvgIpc) is 2.99. The van der Waals surface area contributed by atoms with Crippen molar-refractivity contribution in [3.8, 4) is 12.1 Å². The number of hydrogen-bond acceptors (Lipinski definition) is 4. The molecular weight excluding hydrogens is 354 g/mol. The number of nitriles is 2. The Morgan fingerprint density at radius 3 is 2.74 bits per heavy atom. The number of carbonyl (C=O) groups excluding carboxylic acids is 2. The summed E-state index contributed by atoms with van der Waals surface area (Å²) in [5.74, 6) is -4.38. The molecule has 1 fully saturated rings. The largest absolute Gasteiger partial charge is 0.343 e. The minimum Gasteiger partial charge on any atom is -0.343 e. The van der Waals surface area contributed by atoms with E-state index in [9.17, 15) is 18.4 Å². The number of fused-ring (bicyclic) bond motifs is 1. The van der Waals surface area contributed by atoms with Crippen LogP contribution in [0.1, 0.15) is 22.3 Å². The van der Waals surface area contributed by atoms with Crippen molar-refractivity contribution in [2.75, 3.05) is 13.1 Å². The van der Waals surface area contributed by atoms with Crippen LogP contribution < -0.4 is 5.32 Å². The van der Waals surface area contributed by atoms with Crippen LogP contribution in [0.15, 0.2) is 36.4 Å². The van der Waals surface area contributed by atoms with Crippen molar-refractivity contribution in [2.24, 2.45) is 0 Å². The number of hydrogen-bond donors (Lipinski definition) is 1. The van der Waals surface area contributed by atoms with Gasteiger partial charge in [0, 0.05) is 12.0 Å². The number of likely N-dealkylation sites (tertiary alicyclic amines) is 1. The highest BCUT2D eigenvalue weighted by molar-refractivity contribution is 6.08. The molecule has 0 aromatic heterocycles. The van der Waals surface area contributed by atoms with Crippen molar-refractivity contribution in [3.63, 3.8) is 0 Å². The van der Waals surface area contributed by atoms with Crippen molar-refractivity contribution < 1.29 is 18.4 Å². The molecule has 1 N–H and O–H groups in total. The predicted octanol–water partition coefficient (Wildman–Crippen LogP) is 2.20. The third kappa shape index (κ3) is 3.70. The summed E-state index contributed by atoms with van der Waals surface area (Å²) in [5.41, 5.74) is 0.751. The van der Waals surface area contributed by atoms with E-state index in [-0.39, 0.29) is 0 Å². The van der Waals surface area contributed by atoms with Crippen LogP contribution >= 0.6 is 0 Å². The third-order valence-corrected chi connectivity index (χ3v) is 4.39. The molecule has 0 bridgehead atoms. The zero-order chi connectivity index (χ0) is 19.6. The molecule has 1 aliphatic rings. The van der Waals surface area contributed by atoms with Crippen LogP contribution in [-0.2, 0) is 4.79 Å². The Bertz CT molecular complexity index is 1010. The number of nitrogens with zero attached hydrogens (tertiary/aromatic N) is 3. The topological polar surface area (TPSA) is 97.0 Å². The molecule has 2 amide bonds. The first-order valence-corrected chi connectivity index (χ1v) is 8.12. The van der Waals surface area contributed by atoms with Gasteiger partial charge >= 0.3 is 0 Å². The van der Waals surface area contributed by atoms with E-state index in [0.717, 1.165) is 4.90 Å². The fourth-order valence-electron chi connectivity index (χ4n) is 3.10. The third-order valence-electron chi connectivity index (χ3n) is 4.39. The minimum atomic E-state index is -3.10. The highest BCUT2D eigenvalue weighted by Crippen LogP contribution is 2.31. The van der Waals surface area contributed by atoms with Crippen LogP contribution in [0.25, 0.3) is 10.8 Å². The number of amides is 2. The molecule has 27 heavy (non-hydrogen) atoms. The molecule has 6 nitrogen and oxygen atoms in total. The van der Waals surface area contributed by atoms with Gasteiger partial charge in [-0.05, 0) is 29.0 Å². The zero-order valence-electron chi connectivity index (χ0n) is 14.1. The molecular formula is C19H14F2N4O2. The molecule has 1 aliphatic heterocycles. The van der Waals surface area contributed by atoms with Gasteiger partial charge in [-0.1, -0.05) is 18.2 Å². The van der Waals surface area contributed by atoms with Crippen molar-refractivity contribution in [1.29, 1.82) is 10.5 Å². The first-order valence-electron chi connectivity index (χ1n) is 8.12. The fraction of sp³-hybridized carbons (Fsp3) is 0.263. The van der Waals surface area contributed by atoms with Gasteiger partial charge in [0.1, 0.15) is 6.04 Å². The van der Waals surface area contributed by atoms with E-state index in [1.165, 1.54) is 0 Å². The van der Waals surface area contributed by atoms with Gasteiger partial charge in [-0.25, -0.2) is 8.78 Å². The Labute approximate surface area is 153 Å². The second-order valence-corrected chi connectivity index (χ2v) is 6.26. The normalized spacial score (nSPS) is 17.9. The number of halogens is 2. The molecule has 136 valence electrons. The van der Waals surface area contributed by atoms with Gasteiger partial charge in [0.25, 0.3) is 11.8 Å². The zero-order valence-corrected chi connectivity index (χ0v) is 14.1. The summed E-state index contributed by atoms with van der Waals surface area (Å²) in [6, 6.07) is 12.3. The van der Waals surface area contributed by atoms with E-state index >= 15 is 0 Å². The average molecular weight is 368 g/mol. The summed E-state index contributed by atoms with van der Waals surface area (Å²) in [5, 5.41) is 21.6. The molecule has 1 atom stereocenters. The molecule has 2 aromatic carbocycles. The summed E-state index contributed by atoms with van der Waals surface area (Å²) in [6.45, 7) is -1.31. The van der Waals surface area contributed by atoms with Gasteiger partial charge in [-0.15, -0.1) is 0 Å². The van der Waals surface area contributed by atoms with Gasteiger partial charge in [0.05, 0.1) is 30.8 Å². The molecule has 0 spiro atoms. The van der Waals surface area contributed by atoms with Crippen LogP contribution in [0.2, 0.25) is 0 Å². The molecule has 8 heteroatoms. The lowest BCUT2D eigenvalue weighted by Gasteiger charge is -2.19. The Morgan fingerprint density at radius 2 is 2.04 bits per heavy atom. The molecule has 0 radical (unpaired) electrons. The Hall–Kier alpha value is -3.52. The standard InChI is InChI=1S/C19H14F2N4O2/c20-19(21)7-14(9-23)25(11-19)17(26)10-24-18(27)16-3-1-2-13-6-12(8-22)4-5-15(13)16/h1-6,14H,7,10-11H2,(H,24,27)/t14-/m0/s1. The fourth-order valence-corrected chi connectivity index (χ4v) is 3.10. The predicted molar refractivity (Wildman–Crippen MR) is 91.7 cm³/mol. The first-order chi connectivity index (χ1) is 12.8. The van der Waals surface area contributed by atoms with Gasteiger partial charge in [0.15, 0.2) is 0 Å². The lowest BCUT2D eigenvalue weighted by molar-refractivity contribution is -0.131. The van der Waals surface area contributed by atoms with E-state index in [0.29, 0.717) is 21.9 Å². The summed E-state index contributed by atoms with van der Waals surface area (Å²) in [7, 11) is 0. The van der Waals surface area contributed by atoms with Crippen molar-refractivity contribution in [3.05, 3.63) is 47.5 Å². The lowest BCUT2D eigenvalue weighted by atomic mass is 10.0. The van der Waals surface area contributed by atoms with Crippen molar-refractivity contribution >= 4 is 22.6 Å². The van der Waals surface area contributed by atoms with Gasteiger partial charge in [0.2, 0.25) is 5.91 Å². The number of carbonyl (C=O) groups is 2. The Morgan fingerprint density at radius 1 is 1.26 bits per heavy atom. The van der Waals surface area contributed by atoms with Crippen molar-refractivity contribution in [2.45, 2.75) is 18.4 Å². The van der Waals surface area contributed by atoms with E-state index in [4.69, 9.17) is 10.5 Å². The quantitative estimate of drug-likeness (QED) is 0.898. The second-order valence-electron chi connectivity index (χ2n) is 6.26. The number of nitrogens with one attached hydrogen (secondary N) is 1. The van der Waals surface area contributed by atoms with Crippen LogP contribution in [0.3, 0.4) is 0 Å². The summed E-state index contributed by atoms with van der Waals surface area (Å²) in [6.07, 6.45) is -0.701. The van der Waals surface area contributed by atoms with E-state index in [1.807, 2.05) is 6.07 Å². The molecule has 3 rings (SSSR count). The van der Waals surface area contributed by atoms with Gasteiger partial charge < -0.3 is 10.2 Å². The maximum Gasteiger partial charge on any atom is 0.268 e. The van der Waals surface area contributed by atoms with Crippen LogP contribution in [0.5, 0.6) is 0 Å². The van der Waals surface area contributed by atoms with Crippen molar-refractivity contribution in [1.82, 2.24) is 10.2 Å². The van der Waals surface area contributed by atoms with E-state index < -0.39 is 43.3 Å². The smallest absolute Gasteiger partial charge is 0.268 e. The SMILES string of the molecule is N#Cc1ccc2c(C(=O)NCC(=O)N3CC(F)(F)C[C@H]3C#N)cccc2c1. The molecule has 1 heterocycles. The highest BCUT2D eigenvalue weighted by Gasteiger charge is 2.47.